The van der Waals surface area contributed by atoms with Gasteiger partial charge in [0.05, 0.1) is 0 Å². The Morgan fingerprint density at radius 1 is 0.611 bits per heavy atom. The molecule has 0 unspecified atom stereocenters. The molecule has 0 aliphatic heterocycles. The number of hydrogen-bond donors (Lipinski definition) is 4. The van der Waals surface area contributed by atoms with E-state index in [9.17, 15) is 0 Å². The second-order valence-electron chi connectivity index (χ2n) is 4.29. The van der Waals surface area contributed by atoms with Crippen LogP contribution < -0.4 is 21.3 Å². The van der Waals surface area contributed by atoms with E-state index in [0.717, 1.165) is 52.4 Å². The maximum Gasteiger partial charge on any atom is 0.0135 e. The molecule has 4 heteroatoms. The first-order chi connectivity index (χ1) is 8.91. The molecular weight excluding hydrogens is 224 g/mol. The van der Waals surface area contributed by atoms with Crippen LogP contribution in [-0.4, -0.2) is 52.4 Å². The zero-order valence-electron chi connectivity index (χ0n) is 12.2. The first-order valence-electron chi connectivity index (χ1n) is 7.39. The van der Waals surface area contributed by atoms with Crippen LogP contribution in [0.4, 0.5) is 0 Å². The van der Waals surface area contributed by atoms with Crippen LogP contribution in [0.5, 0.6) is 0 Å². The molecule has 0 aromatic rings. The van der Waals surface area contributed by atoms with E-state index in [1.54, 1.807) is 0 Å². The Morgan fingerprint density at radius 3 is 1.39 bits per heavy atom. The molecule has 0 saturated carbocycles. The van der Waals surface area contributed by atoms with E-state index in [2.05, 4.69) is 47.3 Å². The Hall–Kier alpha value is -0.420. The molecule has 0 saturated heterocycles. The zero-order chi connectivity index (χ0) is 13.3. The minimum absolute atomic E-state index is 0.977. The Bertz CT molecular complexity index is 153. The normalized spacial score (nSPS) is 11.4. The van der Waals surface area contributed by atoms with Gasteiger partial charge >= 0.3 is 0 Å². The van der Waals surface area contributed by atoms with E-state index in [0.29, 0.717) is 0 Å². The molecule has 0 bridgehead atoms. The van der Waals surface area contributed by atoms with Crippen molar-refractivity contribution < 1.29 is 0 Å². The predicted octanol–water partition coefficient (Wildman–Crippen LogP) is 0.721. The largest absolute Gasteiger partial charge is 0.317 e. The molecule has 0 amide bonds. The minimum Gasteiger partial charge on any atom is -0.317 e. The molecule has 4 N–H and O–H groups in total. The smallest absolute Gasteiger partial charge is 0.0135 e. The van der Waals surface area contributed by atoms with Crippen LogP contribution in [0.2, 0.25) is 0 Å². The maximum absolute atomic E-state index is 3.40. The first-order valence-corrected chi connectivity index (χ1v) is 7.39. The lowest BCUT2D eigenvalue weighted by molar-refractivity contribution is 0.624. The van der Waals surface area contributed by atoms with Crippen molar-refractivity contribution in [2.75, 3.05) is 52.4 Å². The summed E-state index contributed by atoms with van der Waals surface area (Å²) in [7, 11) is 0. The number of hydrogen-bond acceptors (Lipinski definition) is 4. The summed E-state index contributed by atoms with van der Waals surface area (Å²) in [4.78, 5) is 0. The lowest BCUT2D eigenvalue weighted by Crippen LogP contribution is -2.22. The Kier molecular flexibility index (Phi) is 16.2. The third-order valence-electron chi connectivity index (χ3n) is 2.61. The van der Waals surface area contributed by atoms with Crippen LogP contribution in [0.25, 0.3) is 0 Å². The second-order valence-corrected chi connectivity index (χ2v) is 4.29. The number of rotatable bonds is 14. The third kappa shape index (κ3) is 15.6. The van der Waals surface area contributed by atoms with Crippen LogP contribution in [0, 0.1) is 0 Å². The van der Waals surface area contributed by atoms with Gasteiger partial charge in [-0.15, -0.1) is 0 Å². The average Bonchev–Trinajstić information content (AvgIpc) is 2.39. The van der Waals surface area contributed by atoms with Crippen LogP contribution in [0.3, 0.4) is 0 Å². The second kappa shape index (κ2) is 16.6. The van der Waals surface area contributed by atoms with Crippen LogP contribution in [0.15, 0.2) is 12.2 Å². The highest BCUT2D eigenvalue weighted by atomic mass is 14.9. The van der Waals surface area contributed by atoms with Gasteiger partial charge in [-0.2, -0.15) is 0 Å². The van der Waals surface area contributed by atoms with Gasteiger partial charge in [0.25, 0.3) is 0 Å². The number of nitrogens with one attached hydrogen (secondary N) is 4. The van der Waals surface area contributed by atoms with Crippen molar-refractivity contribution >= 4 is 0 Å². The highest BCUT2D eigenvalue weighted by molar-refractivity contribution is 4.85. The Morgan fingerprint density at radius 2 is 1.00 bits per heavy atom. The van der Waals surface area contributed by atoms with E-state index in [1.165, 1.54) is 12.8 Å². The van der Waals surface area contributed by atoms with Gasteiger partial charge in [-0.3, -0.25) is 0 Å². The molecular formula is C14H32N4. The van der Waals surface area contributed by atoms with E-state index in [-0.39, 0.29) is 0 Å². The monoisotopic (exact) mass is 256 g/mol. The highest BCUT2D eigenvalue weighted by Gasteiger charge is 1.86. The van der Waals surface area contributed by atoms with Crippen molar-refractivity contribution in [3.63, 3.8) is 0 Å². The van der Waals surface area contributed by atoms with Crippen molar-refractivity contribution in [1.82, 2.24) is 21.3 Å². The van der Waals surface area contributed by atoms with Gasteiger partial charge in [-0.05, 0) is 52.1 Å². The van der Waals surface area contributed by atoms with Gasteiger partial charge in [-0.25, -0.2) is 0 Å². The van der Waals surface area contributed by atoms with Gasteiger partial charge in [0, 0.05) is 13.1 Å². The van der Waals surface area contributed by atoms with Crippen molar-refractivity contribution in [2.45, 2.75) is 26.7 Å². The summed E-state index contributed by atoms with van der Waals surface area (Å²) in [5.74, 6) is 0. The molecule has 18 heavy (non-hydrogen) atoms. The van der Waals surface area contributed by atoms with Crippen LogP contribution >= 0.6 is 0 Å². The lowest BCUT2D eigenvalue weighted by Gasteiger charge is -2.03. The molecule has 0 atom stereocenters. The molecule has 0 aromatic heterocycles. The van der Waals surface area contributed by atoms with Crippen LogP contribution in [-0.2, 0) is 0 Å². The summed E-state index contributed by atoms with van der Waals surface area (Å²) >= 11 is 0. The molecule has 0 radical (unpaired) electrons. The summed E-state index contributed by atoms with van der Waals surface area (Å²) in [6, 6.07) is 0. The SMILES string of the molecule is CCNCCCNC/C=C/CNCCCNCC. The summed E-state index contributed by atoms with van der Waals surface area (Å²) in [5, 5.41) is 13.4. The summed E-state index contributed by atoms with van der Waals surface area (Å²) in [5.41, 5.74) is 0. The third-order valence-corrected chi connectivity index (χ3v) is 2.61. The van der Waals surface area contributed by atoms with Gasteiger partial charge in [0.2, 0.25) is 0 Å². The fourth-order valence-electron chi connectivity index (χ4n) is 1.57. The standard InChI is InChI=1S/C14H32N4/c1-3-15-11-7-13-17-9-5-6-10-18-14-8-12-16-4-2/h5-6,15-18H,3-4,7-14H2,1-2H3/b6-5+. The quantitative estimate of drug-likeness (QED) is 0.273. The molecule has 0 spiro atoms. The predicted molar refractivity (Wildman–Crippen MR) is 81.2 cm³/mol. The average molecular weight is 256 g/mol. The Labute approximate surface area is 113 Å². The maximum atomic E-state index is 3.40. The van der Waals surface area contributed by atoms with Crippen molar-refractivity contribution in [3.05, 3.63) is 12.2 Å². The van der Waals surface area contributed by atoms with E-state index in [1.807, 2.05) is 0 Å². The molecule has 0 aliphatic rings. The van der Waals surface area contributed by atoms with Gasteiger partial charge in [0.15, 0.2) is 0 Å². The van der Waals surface area contributed by atoms with E-state index >= 15 is 0 Å². The van der Waals surface area contributed by atoms with Crippen molar-refractivity contribution in [1.29, 1.82) is 0 Å². The Balaban J connectivity index is 3.00. The van der Waals surface area contributed by atoms with E-state index < -0.39 is 0 Å². The topological polar surface area (TPSA) is 48.1 Å². The molecule has 0 fully saturated rings. The first kappa shape index (κ1) is 17.6. The van der Waals surface area contributed by atoms with Crippen molar-refractivity contribution in [3.8, 4) is 0 Å². The molecule has 0 aromatic carbocycles. The zero-order valence-corrected chi connectivity index (χ0v) is 12.2. The lowest BCUT2D eigenvalue weighted by atomic mass is 10.4. The fourth-order valence-corrected chi connectivity index (χ4v) is 1.57. The molecule has 0 aliphatic carbocycles. The van der Waals surface area contributed by atoms with Crippen LogP contribution in [0.1, 0.15) is 26.7 Å². The van der Waals surface area contributed by atoms with Crippen molar-refractivity contribution in [2.24, 2.45) is 0 Å². The minimum atomic E-state index is 0.977. The van der Waals surface area contributed by atoms with Gasteiger partial charge in [-0.1, -0.05) is 26.0 Å². The fraction of sp³-hybridized carbons (Fsp3) is 0.857. The molecule has 0 rings (SSSR count). The summed E-state index contributed by atoms with van der Waals surface area (Å²) in [6.07, 6.45) is 6.80. The molecule has 108 valence electrons. The highest BCUT2D eigenvalue weighted by Crippen LogP contribution is 1.76. The van der Waals surface area contributed by atoms with Gasteiger partial charge in [0.1, 0.15) is 0 Å². The van der Waals surface area contributed by atoms with Gasteiger partial charge < -0.3 is 21.3 Å². The molecule has 4 nitrogen and oxygen atoms in total. The summed E-state index contributed by atoms with van der Waals surface area (Å²) < 4.78 is 0. The molecule has 0 heterocycles. The summed E-state index contributed by atoms with van der Waals surface area (Å²) in [6.45, 7) is 12.8. The van der Waals surface area contributed by atoms with E-state index in [4.69, 9.17) is 0 Å².